The van der Waals surface area contributed by atoms with Gasteiger partial charge in [-0.3, -0.25) is 9.69 Å². The first-order chi connectivity index (χ1) is 13.5. The Labute approximate surface area is 166 Å². The Hall–Kier alpha value is -1.41. The average molecular weight is 408 g/mol. The second-order valence-corrected chi connectivity index (χ2v) is 11.2. The van der Waals surface area contributed by atoms with Crippen LogP contribution in [-0.4, -0.2) is 66.3 Å². The van der Waals surface area contributed by atoms with E-state index in [1.54, 1.807) is 0 Å². The van der Waals surface area contributed by atoms with Crippen LogP contribution in [0.2, 0.25) is 0 Å². The molecule has 0 spiro atoms. The predicted molar refractivity (Wildman–Crippen MR) is 104 cm³/mol. The summed E-state index contributed by atoms with van der Waals surface area (Å²) in [6.45, 7) is 2.94. The first-order valence-corrected chi connectivity index (χ1v) is 12.5. The van der Waals surface area contributed by atoms with E-state index in [4.69, 9.17) is 9.40 Å². The fraction of sp³-hybridized carbons (Fsp3) is 0.800. The maximum Gasteiger partial charge on any atom is 0.226 e. The van der Waals surface area contributed by atoms with Gasteiger partial charge in [0, 0.05) is 30.8 Å². The number of nitrogens with zero attached hydrogens (tertiary/aromatic N) is 3. The van der Waals surface area contributed by atoms with Crippen LogP contribution in [0.3, 0.4) is 0 Å². The van der Waals surface area contributed by atoms with Gasteiger partial charge >= 0.3 is 0 Å². The van der Waals surface area contributed by atoms with Crippen LogP contribution in [0.25, 0.3) is 0 Å². The molecule has 0 aromatic carbocycles. The number of hydrogen-bond donors (Lipinski definition) is 0. The van der Waals surface area contributed by atoms with Gasteiger partial charge in [0.15, 0.2) is 15.7 Å². The molecule has 28 heavy (non-hydrogen) atoms. The highest BCUT2D eigenvalue weighted by atomic mass is 32.2. The highest BCUT2D eigenvalue weighted by molar-refractivity contribution is 7.91. The molecule has 8 heteroatoms. The largest absolute Gasteiger partial charge is 0.445 e. The normalized spacial score (nSPS) is 28.9. The molecule has 3 aliphatic heterocycles. The average Bonchev–Trinajstić information content (AvgIpc) is 3.21. The number of rotatable bonds is 3. The van der Waals surface area contributed by atoms with Crippen LogP contribution in [0.15, 0.2) is 4.42 Å². The topological polar surface area (TPSA) is 83.7 Å². The molecule has 1 unspecified atom stereocenters. The number of carbonyl (C=O) groups is 1. The van der Waals surface area contributed by atoms with Crippen LogP contribution >= 0.6 is 0 Å². The quantitative estimate of drug-likeness (QED) is 0.759. The van der Waals surface area contributed by atoms with Crippen molar-refractivity contribution in [3.05, 3.63) is 17.3 Å². The van der Waals surface area contributed by atoms with Gasteiger partial charge in [-0.15, -0.1) is 0 Å². The van der Waals surface area contributed by atoms with Crippen molar-refractivity contribution in [1.82, 2.24) is 14.8 Å². The number of amides is 1. The maximum absolute atomic E-state index is 13.1. The zero-order valence-corrected chi connectivity index (χ0v) is 17.1. The number of fused-ring (bicyclic) bond motifs is 1. The molecule has 1 amide bonds. The lowest BCUT2D eigenvalue weighted by molar-refractivity contribution is -0.138. The molecule has 2 saturated heterocycles. The molecule has 5 rings (SSSR count). The summed E-state index contributed by atoms with van der Waals surface area (Å²) in [7, 11) is -2.85. The zero-order valence-electron chi connectivity index (χ0n) is 16.3. The van der Waals surface area contributed by atoms with E-state index >= 15 is 0 Å². The second kappa shape index (κ2) is 7.13. The van der Waals surface area contributed by atoms with E-state index in [1.807, 2.05) is 4.90 Å². The first kappa shape index (κ1) is 18.6. The molecule has 154 valence electrons. The summed E-state index contributed by atoms with van der Waals surface area (Å²) in [4.78, 5) is 22.0. The van der Waals surface area contributed by atoms with Gasteiger partial charge in [0.05, 0.1) is 18.1 Å². The molecule has 4 heterocycles. The molecule has 7 nitrogen and oxygen atoms in total. The minimum absolute atomic E-state index is 0.0498. The molecule has 4 aliphatic rings. The lowest BCUT2D eigenvalue weighted by atomic mass is 9.85. The molecule has 3 fully saturated rings. The lowest BCUT2D eigenvalue weighted by Gasteiger charge is -2.37. The second-order valence-electron chi connectivity index (χ2n) is 8.93. The third-order valence-corrected chi connectivity index (χ3v) is 8.86. The van der Waals surface area contributed by atoms with Crippen molar-refractivity contribution in [2.24, 2.45) is 5.92 Å². The predicted octanol–water partition coefficient (Wildman–Crippen LogP) is 1.73. The van der Waals surface area contributed by atoms with Crippen molar-refractivity contribution in [2.75, 3.05) is 31.1 Å². The molecule has 1 aromatic heterocycles. The number of likely N-dealkylation sites (tertiary alicyclic amines) is 1. The Morgan fingerprint density at radius 3 is 2.50 bits per heavy atom. The summed E-state index contributed by atoms with van der Waals surface area (Å²) in [6.07, 6.45) is 6.75. The Morgan fingerprint density at radius 2 is 1.86 bits per heavy atom. The van der Waals surface area contributed by atoms with Crippen LogP contribution in [0, 0.1) is 5.92 Å². The van der Waals surface area contributed by atoms with Gasteiger partial charge in [-0.2, -0.15) is 0 Å². The summed E-state index contributed by atoms with van der Waals surface area (Å²) in [5.74, 6) is 3.22. The van der Waals surface area contributed by atoms with Crippen LogP contribution in [-0.2, 0) is 27.6 Å². The monoisotopic (exact) mass is 407 g/mol. The lowest BCUT2D eigenvalue weighted by Crippen LogP contribution is -2.47. The van der Waals surface area contributed by atoms with Gasteiger partial charge in [0.2, 0.25) is 5.91 Å². The highest BCUT2D eigenvalue weighted by Crippen LogP contribution is 2.37. The van der Waals surface area contributed by atoms with Gasteiger partial charge in [-0.05, 0) is 45.2 Å². The molecular formula is C20H29N3O4S. The summed E-state index contributed by atoms with van der Waals surface area (Å²) < 4.78 is 29.4. The first-order valence-electron chi connectivity index (χ1n) is 10.7. The molecule has 0 N–H and O–H groups in total. The smallest absolute Gasteiger partial charge is 0.226 e. The van der Waals surface area contributed by atoms with Crippen molar-refractivity contribution in [2.45, 2.75) is 63.5 Å². The van der Waals surface area contributed by atoms with E-state index in [-0.39, 0.29) is 23.6 Å². The third kappa shape index (κ3) is 3.49. The van der Waals surface area contributed by atoms with Crippen LogP contribution in [0.5, 0.6) is 0 Å². The van der Waals surface area contributed by atoms with Gasteiger partial charge in [0.1, 0.15) is 11.5 Å². The van der Waals surface area contributed by atoms with Crippen molar-refractivity contribution < 1.29 is 17.6 Å². The third-order valence-electron chi connectivity index (χ3n) is 7.11. The van der Waals surface area contributed by atoms with Crippen molar-refractivity contribution >= 4 is 15.7 Å². The van der Waals surface area contributed by atoms with E-state index in [2.05, 4.69) is 4.90 Å². The van der Waals surface area contributed by atoms with Crippen molar-refractivity contribution in [1.29, 1.82) is 0 Å². The number of piperidine rings is 1. The van der Waals surface area contributed by atoms with E-state index in [1.165, 1.54) is 19.3 Å². The number of oxazole rings is 1. The molecule has 0 bridgehead atoms. The number of sulfone groups is 1. The summed E-state index contributed by atoms with van der Waals surface area (Å²) in [6, 6.07) is 0.152. The Kier molecular flexibility index (Phi) is 4.74. The summed E-state index contributed by atoms with van der Waals surface area (Å²) in [5, 5.41) is 0. The molecule has 0 radical (unpaired) electrons. The fourth-order valence-corrected chi connectivity index (χ4v) is 6.83. The van der Waals surface area contributed by atoms with Crippen molar-refractivity contribution in [3.63, 3.8) is 0 Å². The maximum atomic E-state index is 13.1. The van der Waals surface area contributed by atoms with E-state index in [9.17, 15) is 13.2 Å². The Balaban J connectivity index is 1.17. The van der Waals surface area contributed by atoms with E-state index < -0.39 is 9.84 Å². The number of hydrogen-bond acceptors (Lipinski definition) is 6. The molecular weight excluding hydrogens is 378 g/mol. The Morgan fingerprint density at radius 1 is 1.07 bits per heavy atom. The van der Waals surface area contributed by atoms with Crippen molar-refractivity contribution in [3.8, 4) is 0 Å². The van der Waals surface area contributed by atoms with Gasteiger partial charge in [-0.1, -0.05) is 6.42 Å². The summed E-state index contributed by atoms with van der Waals surface area (Å²) in [5.41, 5.74) is 0.954. The molecule has 1 saturated carbocycles. The number of carbonyl (C=O) groups excluding carboxylic acids is 1. The SMILES string of the molecule is O=C(C1CCN(C2CCS(=O)(=O)C2)CC1)N1CCc2oc(C3CCC3)nc2C1. The zero-order chi connectivity index (χ0) is 19.3. The van der Waals surface area contributed by atoms with Gasteiger partial charge < -0.3 is 9.32 Å². The standard InChI is InChI=1S/C20H29N3O4S/c24-20(15-4-8-22(9-5-15)16-7-11-28(25,26)13-16)23-10-6-18-17(12-23)21-19(27-18)14-2-1-3-14/h14-16H,1-13H2. The van der Waals surface area contributed by atoms with Crippen LogP contribution < -0.4 is 0 Å². The molecule has 1 aliphatic carbocycles. The highest BCUT2D eigenvalue weighted by Gasteiger charge is 2.37. The van der Waals surface area contributed by atoms with Gasteiger partial charge in [0.25, 0.3) is 0 Å². The van der Waals surface area contributed by atoms with E-state index in [0.29, 0.717) is 24.8 Å². The van der Waals surface area contributed by atoms with E-state index in [0.717, 1.165) is 56.1 Å². The van der Waals surface area contributed by atoms with Gasteiger partial charge in [-0.25, -0.2) is 13.4 Å². The fourth-order valence-electron chi connectivity index (χ4n) is 5.07. The van der Waals surface area contributed by atoms with Crippen LogP contribution in [0.1, 0.15) is 61.8 Å². The molecule has 1 aromatic rings. The summed E-state index contributed by atoms with van der Waals surface area (Å²) >= 11 is 0. The minimum Gasteiger partial charge on any atom is -0.445 e. The Bertz CT molecular complexity index is 853. The number of aromatic nitrogens is 1. The minimum atomic E-state index is -2.85. The van der Waals surface area contributed by atoms with Crippen LogP contribution in [0.4, 0.5) is 0 Å². The molecule has 1 atom stereocenters.